The molecule has 0 aromatic carbocycles. The second-order valence-electron chi connectivity index (χ2n) is 1.28. The van der Waals surface area contributed by atoms with Crippen LogP contribution in [0.15, 0.2) is 4.21 Å². The Labute approximate surface area is 75.7 Å². The van der Waals surface area contributed by atoms with Crippen LogP contribution in [0.3, 0.4) is 0 Å². The van der Waals surface area contributed by atoms with Gasteiger partial charge < -0.3 is 0 Å². The number of thioether (sulfide) groups is 1. The minimum Gasteiger partial charge on any atom is -0.131 e. The molecule has 0 aliphatic rings. The molecule has 0 bridgehead atoms. The normalized spacial score (nSPS) is 10.0. The summed E-state index contributed by atoms with van der Waals surface area (Å²) in [6.07, 6.45) is 0. The second kappa shape index (κ2) is 3.72. The fraction of sp³-hybridized carbons (Fsp3) is 0.500. The molecular weight excluding hydrogens is 267 g/mol. The van der Waals surface area contributed by atoms with E-state index in [1.165, 1.54) is 15.7 Å². The van der Waals surface area contributed by atoms with Gasteiger partial charge in [0.15, 0.2) is 0 Å². The summed E-state index contributed by atoms with van der Waals surface area (Å²) in [7, 11) is 0. The first-order chi connectivity index (χ1) is 4.34. The highest BCUT2D eigenvalue weighted by molar-refractivity contribution is 14.1. The average molecular weight is 272 g/mol. The Morgan fingerprint density at radius 3 is 3.00 bits per heavy atom. The Morgan fingerprint density at radius 1 is 1.78 bits per heavy atom. The Bertz CT molecular complexity index is 188. The van der Waals surface area contributed by atoms with Crippen molar-refractivity contribution >= 4 is 45.9 Å². The van der Waals surface area contributed by atoms with Gasteiger partial charge in [-0.2, -0.15) is 0 Å². The van der Waals surface area contributed by atoms with Gasteiger partial charge >= 0.3 is 0 Å². The summed E-state index contributed by atoms with van der Waals surface area (Å²) in [6, 6.07) is 0. The van der Waals surface area contributed by atoms with E-state index in [1.54, 1.807) is 11.8 Å². The topological polar surface area (TPSA) is 25.8 Å². The number of halogens is 1. The van der Waals surface area contributed by atoms with E-state index in [2.05, 4.69) is 39.1 Å². The average Bonchev–Trinajstić information content (AvgIpc) is 2.18. The standard InChI is InChI=1S/C4H5IN2S2/c1-2-8-4-3(5)6-7-9-4/h2H2,1H3. The van der Waals surface area contributed by atoms with Gasteiger partial charge in [-0.25, -0.2) is 0 Å². The molecule has 1 aromatic rings. The molecule has 1 rings (SSSR count). The third kappa shape index (κ3) is 2.05. The zero-order valence-electron chi connectivity index (χ0n) is 4.80. The fourth-order valence-corrected chi connectivity index (χ4v) is 2.80. The van der Waals surface area contributed by atoms with Crippen molar-refractivity contribution in [1.29, 1.82) is 0 Å². The maximum Gasteiger partial charge on any atom is 0.150 e. The van der Waals surface area contributed by atoms with E-state index >= 15 is 0 Å². The van der Waals surface area contributed by atoms with Gasteiger partial charge in [0.05, 0.1) is 0 Å². The lowest BCUT2D eigenvalue weighted by atomic mass is 11.0. The summed E-state index contributed by atoms with van der Waals surface area (Å²) in [4.78, 5) is 0. The number of nitrogens with zero attached hydrogens (tertiary/aromatic N) is 2. The van der Waals surface area contributed by atoms with Gasteiger partial charge in [-0.1, -0.05) is 11.4 Å². The second-order valence-corrected chi connectivity index (χ2v) is 4.59. The highest BCUT2D eigenvalue weighted by Gasteiger charge is 2.01. The molecule has 0 atom stereocenters. The predicted octanol–water partition coefficient (Wildman–Crippen LogP) is 2.25. The molecule has 0 amide bonds. The summed E-state index contributed by atoms with van der Waals surface area (Å²) in [5, 5.41) is 3.87. The zero-order chi connectivity index (χ0) is 6.69. The van der Waals surface area contributed by atoms with Gasteiger partial charge in [-0.15, -0.1) is 16.9 Å². The minimum absolute atomic E-state index is 1.03. The van der Waals surface area contributed by atoms with E-state index in [1.807, 2.05) is 0 Å². The van der Waals surface area contributed by atoms with Crippen molar-refractivity contribution < 1.29 is 0 Å². The van der Waals surface area contributed by atoms with Crippen LogP contribution in [-0.2, 0) is 0 Å². The molecule has 0 fully saturated rings. The van der Waals surface area contributed by atoms with Crippen molar-refractivity contribution in [2.75, 3.05) is 5.75 Å². The van der Waals surface area contributed by atoms with Crippen LogP contribution in [0.2, 0.25) is 0 Å². The SMILES string of the molecule is CCSc1snnc1I. The van der Waals surface area contributed by atoms with E-state index in [0.29, 0.717) is 0 Å². The molecule has 50 valence electrons. The highest BCUT2D eigenvalue weighted by atomic mass is 127. The van der Waals surface area contributed by atoms with Crippen molar-refractivity contribution in [1.82, 2.24) is 9.59 Å². The van der Waals surface area contributed by atoms with E-state index in [0.717, 1.165) is 9.45 Å². The van der Waals surface area contributed by atoms with E-state index < -0.39 is 0 Å². The number of rotatable bonds is 2. The quantitative estimate of drug-likeness (QED) is 0.610. The van der Waals surface area contributed by atoms with Crippen LogP contribution < -0.4 is 0 Å². The zero-order valence-corrected chi connectivity index (χ0v) is 8.59. The highest BCUT2D eigenvalue weighted by Crippen LogP contribution is 2.25. The smallest absolute Gasteiger partial charge is 0.131 e. The molecule has 0 saturated heterocycles. The van der Waals surface area contributed by atoms with Gasteiger partial charge in [0, 0.05) is 0 Å². The van der Waals surface area contributed by atoms with Crippen molar-refractivity contribution in [3.05, 3.63) is 3.70 Å². The molecule has 0 spiro atoms. The molecule has 9 heavy (non-hydrogen) atoms. The molecule has 2 nitrogen and oxygen atoms in total. The van der Waals surface area contributed by atoms with Crippen LogP contribution in [0.5, 0.6) is 0 Å². The summed E-state index contributed by atoms with van der Waals surface area (Å²) in [5.74, 6) is 1.10. The predicted molar refractivity (Wildman–Crippen MR) is 49.0 cm³/mol. The maximum absolute atomic E-state index is 3.87. The van der Waals surface area contributed by atoms with Gasteiger partial charge in [0.1, 0.15) is 7.91 Å². The first-order valence-corrected chi connectivity index (χ1v) is 5.29. The summed E-state index contributed by atoms with van der Waals surface area (Å²) >= 11 is 5.46. The molecule has 1 aromatic heterocycles. The van der Waals surface area contributed by atoms with E-state index in [4.69, 9.17) is 0 Å². The number of hydrogen-bond donors (Lipinski definition) is 0. The lowest BCUT2D eigenvalue weighted by Gasteiger charge is -1.87. The van der Waals surface area contributed by atoms with Gasteiger partial charge in [0.25, 0.3) is 0 Å². The van der Waals surface area contributed by atoms with Gasteiger partial charge in [-0.05, 0) is 39.9 Å². The van der Waals surface area contributed by atoms with Crippen molar-refractivity contribution in [2.24, 2.45) is 0 Å². The molecule has 0 unspecified atom stereocenters. The summed E-state index contributed by atoms with van der Waals surface area (Å²) < 4.78 is 6.07. The largest absolute Gasteiger partial charge is 0.150 e. The Balaban J connectivity index is 2.69. The molecule has 0 saturated carbocycles. The summed E-state index contributed by atoms with van der Waals surface area (Å²) in [5.41, 5.74) is 0. The van der Waals surface area contributed by atoms with Crippen molar-refractivity contribution in [3.8, 4) is 0 Å². The molecule has 5 heteroatoms. The Morgan fingerprint density at radius 2 is 2.56 bits per heavy atom. The lowest BCUT2D eigenvalue weighted by Crippen LogP contribution is -1.71. The van der Waals surface area contributed by atoms with Crippen molar-refractivity contribution in [2.45, 2.75) is 11.1 Å². The minimum atomic E-state index is 1.03. The first-order valence-electron chi connectivity index (χ1n) is 2.45. The van der Waals surface area contributed by atoms with E-state index in [-0.39, 0.29) is 0 Å². The van der Waals surface area contributed by atoms with Gasteiger partial charge in [0.2, 0.25) is 0 Å². The lowest BCUT2D eigenvalue weighted by molar-refractivity contribution is 1.11. The van der Waals surface area contributed by atoms with Crippen LogP contribution in [0.25, 0.3) is 0 Å². The maximum atomic E-state index is 3.87. The molecule has 1 heterocycles. The van der Waals surface area contributed by atoms with Crippen molar-refractivity contribution in [3.63, 3.8) is 0 Å². The molecule has 0 aliphatic heterocycles. The number of aromatic nitrogens is 2. The first kappa shape index (κ1) is 7.74. The Hall–Kier alpha value is 0.640. The monoisotopic (exact) mass is 272 g/mol. The molecule has 0 N–H and O–H groups in total. The number of hydrogen-bond acceptors (Lipinski definition) is 4. The van der Waals surface area contributed by atoms with Crippen LogP contribution in [0.4, 0.5) is 0 Å². The van der Waals surface area contributed by atoms with Crippen LogP contribution in [0, 0.1) is 3.70 Å². The van der Waals surface area contributed by atoms with Crippen LogP contribution in [-0.4, -0.2) is 15.3 Å². The summed E-state index contributed by atoms with van der Waals surface area (Å²) in [6.45, 7) is 2.13. The molecular formula is C4H5IN2S2. The van der Waals surface area contributed by atoms with Gasteiger partial charge in [-0.3, -0.25) is 0 Å². The van der Waals surface area contributed by atoms with E-state index in [9.17, 15) is 0 Å². The Kier molecular flexibility index (Phi) is 3.20. The molecule has 0 aliphatic carbocycles. The third-order valence-corrected chi connectivity index (χ3v) is 4.03. The fourth-order valence-electron chi connectivity index (χ4n) is 0.389. The molecule has 0 radical (unpaired) electrons. The van der Waals surface area contributed by atoms with Crippen LogP contribution >= 0.6 is 45.9 Å². The third-order valence-electron chi connectivity index (χ3n) is 0.696. The van der Waals surface area contributed by atoms with Crippen LogP contribution in [0.1, 0.15) is 6.92 Å².